The first-order valence-electron chi connectivity index (χ1n) is 6.11. The van der Waals surface area contributed by atoms with Crippen LogP contribution in [0, 0.1) is 6.92 Å². The zero-order valence-corrected chi connectivity index (χ0v) is 9.74. The molecule has 1 heteroatoms. The van der Waals surface area contributed by atoms with Crippen LogP contribution in [0.15, 0.2) is 36.5 Å². The van der Waals surface area contributed by atoms with Crippen molar-refractivity contribution in [1.82, 2.24) is 4.57 Å². The first-order valence-corrected chi connectivity index (χ1v) is 6.11. The summed E-state index contributed by atoms with van der Waals surface area (Å²) in [5, 5.41) is 0. The molecule has 1 heterocycles. The summed E-state index contributed by atoms with van der Waals surface area (Å²) < 4.78 is 2.38. The van der Waals surface area contributed by atoms with Gasteiger partial charge in [-0.3, -0.25) is 0 Å². The summed E-state index contributed by atoms with van der Waals surface area (Å²) in [4.78, 5) is 0. The van der Waals surface area contributed by atoms with Gasteiger partial charge >= 0.3 is 0 Å². The van der Waals surface area contributed by atoms with E-state index in [9.17, 15) is 0 Å². The Kier molecular flexibility index (Phi) is 2.32. The van der Waals surface area contributed by atoms with Crippen LogP contribution in [-0.4, -0.2) is 4.57 Å². The second kappa shape index (κ2) is 3.82. The lowest BCUT2D eigenvalue weighted by atomic mass is 9.95. The highest BCUT2D eigenvalue weighted by molar-refractivity contribution is 5.42. The van der Waals surface area contributed by atoms with Crippen molar-refractivity contribution in [3.63, 3.8) is 0 Å². The quantitative estimate of drug-likeness (QED) is 0.678. The Morgan fingerprint density at radius 1 is 1.00 bits per heavy atom. The van der Waals surface area contributed by atoms with E-state index in [0.29, 0.717) is 0 Å². The number of hydrogen-bond acceptors (Lipinski definition) is 0. The molecule has 0 saturated carbocycles. The molecule has 0 radical (unpaired) electrons. The predicted octanol–water partition coefficient (Wildman–Crippen LogP) is 3.66. The van der Waals surface area contributed by atoms with Crippen LogP contribution in [0.1, 0.15) is 29.7 Å². The molecule has 0 saturated heterocycles. The molecule has 0 spiro atoms. The minimum Gasteiger partial charge on any atom is -0.320 e. The Labute approximate surface area is 96.7 Å². The number of fused-ring (bicyclic) bond motifs is 1. The molecule has 0 atom stereocenters. The molecule has 0 fully saturated rings. The maximum absolute atomic E-state index is 2.38. The van der Waals surface area contributed by atoms with Crippen LogP contribution >= 0.6 is 0 Å². The van der Waals surface area contributed by atoms with E-state index in [1.807, 2.05) is 0 Å². The van der Waals surface area contributed by atoms with E-state index in [0.717, 1.165) is 0 Å². The first-order chi connectivity index (χ1) is 7.86. The smallest absolute Gasteiger partial charge is 0.0452 e. The van der Waals surface area contributed by atoms with Gasteiger partial charge in [0.15, 0.2) is 0 Å². The molecule has 0 aliphatic heterocycles. The number of benzene rings is 1. The van der Waals surface area contributed by atoms with Gasteiger partial charge < -0.3 is 4.57 Å². The van der Waals surface area contributed by atoms with Crippen molar-refractivity contribution in [2.75, 3.05) is 0 Å². The second-order valence-corrected chi connectivity index (χ2v) is 4.65. The normalized spacial score (nSPS) is 14.8. The Morgan fingerprint density at radius 3 is 2.56 bits per heavy atom. The van der Waals surface area contributed by atoms with Crippen LogP contribution in [0.2, 0.25) is 0 Å². The third kappa shape index (κ3) is 1.47. The average Bonchev–Trinajstić information content (AvgIpc) is 2.69. The van der Waals surface area contributed by atoms with Crippen molar-refractivity contribution in [3.05, 3.63) is 53.3 Å². The molecule has 3 rings (SSSR count). The zero-order chi connectivity index (χ0) is 11.0. The van der Waals surface area contributed by atoms with E-state index in [1.165, 1.54) is 42.6 Å². The van der Waals surface area contributed by atoms with Gasteiger partial charge in [-0.15, -0.1) is 0 Å². The number of para-hydroxylation sites is 1. The molecule has 0 unspecified atom stereocenters. The van der Waals surface area contributed by atoms with Crippen molar-refractivity contribution >= 4 is 0 Å². The van der Waals surface area contributed by atoms with Crippen LogP contribution in [-0.2, 0) is 12.8 Å². The highest BCUT2D eigenvalue weighted by atomic mass is 15.0. The molecule has 1 aromatic carbocycles. The van der Waals surface area contributed by atoms with Gasteiger partial charge in [0.2, 0.25) is 0 Å². The molecule has 0 amide bonds. The Bertz CT molecular complexity index is 494. The van der Waals surface area contributed by atoms with E-state index in [2.05, 4.69) is 48.0 Å². The van der Waals surface area contributed by atoms with E-state index in [1.54, 1.807) is 5.56 Å². The predicted molar refractivity (Wildman–Crippen MR) is 67.1 cm³/mol. The summed E-state index contributed by atoms with van der Waals surface area (Å²) in [6.07, 6.45) is 7.49. The number of aryl methyl sites for hydroxylation is 1. The van der Waals surface area contributed by atoms with Crippen LogP contribution in [0.5, 0.6) is 0 Å². The van der Waals surface area contributed by atoms with Crippen LogP contribution in [0.25, 0.3) is 5.69 Å². The van der Waals surface area contributed by atoms with Crippen LogP contribution < -0.4 is 0 Å². The van der Waals surface area contributed by atoms with Crippen molar-refractivity contribution < 1.29 is 0 Å². The highest BCUT2D eigenvalue weighted by Crippen LogP contribution is 2.28. The van der Waals surface area contributed by atoms with E-state index < -0.39 is 0 Å². The summed E-state index contributed by atoms with van der Waals surface area (Å²) in [5.74, 6) is 0. The van der Waals surface area contributed by atoms with Gasteiger partial charge in [0, 0.05) is 17.6 Å². The van der Waals surface area contributed by atoms with Crippen LogP contribution in [0.3, 0.4) is 0 Å². The summed E-state index contributed by atoms with van der Waals surface area (Å²) in [5.41, 5.74) is 5.89. The Balaban J connectivity index is 2.15. The molecule has 2 aromatic rings. The lowest BCUT2D eigenvalue weighted by molar-refractivity contribution is 0.662. The lowest BCUT2D eigenvalue weighted by Crippen LogP contribution is -2.06. The SMILES string of the molecule is Cc1cn(-c2ccccc2)c2c1CCCC2. The fraction of sp³-hybridized carbons (Fsp3) is 0.333. The summed E-state index contributed by atoms with van der Waals surface area (Å²) >= 11 is 0. The molecule has 0 N–H and O–H groups in total. The van der Waals surface area contributed by atoms with Gasteiger partial charge in [0.05, 0.1) is 0 Å². The molecule has 1 aliphatic carbocycles. The van der Waals surface area contributed by atoms with E-state index in [4.69, 9.17) is 0 Å². The zero-order valence-electron chi connectivity index (χ0n) is 9.74. The van der Waals surface area contributed by atoms with Crippen molar-refractivity contribution in [3.8, 4) is 5.69 Å². The number of hydrogen-bond donors (Lipinski definition) is 0. The molecule has 82 valence electrons. The Hall–Kier alpha value is -1.50. The first kappa shape index (κ1) is 9.71. The minimum atomic E-state index is 1.23. The lowest BCUT2D eigenvalue weighted by Gasteiger charge is -2.15. The van der Waals surface area contributed by atoms with Gasteiger partial charge in [-0.1, -0.05) is 18.2 Å². The third-order valence-electron chi connectivity index (χ3n) is 3.56. The third-order valence-corrected chi connectivity index (χ3v) is 3.56. The standard InChI is InChI=1S/C15H17N/c1-12-11-16(13-7-3-2-4-8-13)15-10-6-5-9-14(12)15/h2-4,7-8,11H,5-6,9-10H2,1H3. The fourth-order valence-corrected chi connectivity index (χ4v) is 2.75. The summed E-state index contributed by atoms with van der Waals surface area (Å²) in [7, 11) is 0. The van der Waals surface area contributed by atoms with E-state index >= 15 is 0 Å². The molecular formula is C15H17N. The molecule has 0 bridgehead atoms. The van der Waals surface area contributed by atoms with Crippen molar-refractivity contribution in [2.24, 2.45) is 0 Å². The van der Waals surface area contributed by atoms with Gasteiger partial charge in [-0.2, -0.15) is 0 Å². The minimum absolute atomic E-state index is 1.23. The topological polar surface area (TPSA) is 4.93 Å². The molecule has 1 aromatic heterocycles. The van der Waals surface area contributed by atoms with Crippen LogP contribution in [0.4, 0.5) is 0 Å². The fourth-order valence-electron chi connectivity index (χ4n) is 2.75. The molecule has 1 aliphatic rings. The monoisotopic (exact) mass is 211 g/mol. The molecular weight excluding hydrogens is 194 g/mol. The van der Waals surface area contributed by atoms with E-state index in [-0.39, 0.29) is 0 Å². The maximum Gasteiger partial charge on any atom is 0.0452 e. The average molecular weight is 211 g/mol. The number of nitrogens with zero attached hydrogens (tertiary/aromatic N) is 1. The number of rotatable bonds is 1. The second-order valence-electron chi connectivity index (χ2n) is 4.65. The van der Waals surface area contributed by atoms with Gasteiger partial charge in [0.1, 0.15) is 0 Å². The summed E-state index contributed by atoms with van der Waals surface area (Å²) in [6.45, 7) is 2.24. The van der Waals surface area contributed by atoms with Gasteiger partial charge in [0.25, 0.3) is 0 Å². The highest BCUT2D eigenvalue weighted by Gasteiger charge is 2.17. The van der Waals surface area contributed by atoms with Crippen molar-refractivity contribution in [1.29, 1.82) is 0 Å². The summed E-state index contributed by atoms with van der Waals surface area (Å²) in [6, 6.07) is 10.7. The van der Waals surface area contributed by atoms with Gasteiger partial charge in [-0.25, -0.2) is 0 Å². The van der Waals surface area contributed by atoms with Crippen molar-refractivity contribution in [2.45, 2.75) is 32.6 Å². The van der Waals surface area contributed by atoms with Gasteiger partial charge in [-0.05, 0) is 55.9 Å². The largest absolute Gasteiger partial charge is 0.320 e. The Morgan fingerprint density at radius 2 is 1.75 bits per heavy atom. The molecule has 16 heavy (non-hydrogen) atoms. The molecule has 1 nitrogen and oxygen atoms in total. The number of aromatic nitrogens is 1. The maximum atomic E-state index is 2.38.